The smallest absolute Gasteiger partial charge is 0.409 e. The first-order chi connectivity index (χ1) is 12.6. The lowest BCUT2D eigenvalue weighted by atomic mass is 9.98. The van der Waals surface area contributed by atoms with E-state index < -0.39 is 18.0 Å². The Morgan fingerprint density at radius 2 is 1.62 bits per heavy atom. The first-order valence-electron chi connectivity index (χ1n) is 8.89. The number of carbonyl (C=O) groups excluding carboxylic acids is 1. The molecule has 2 aliphatic rings. The Bertz CT molecular complexity index is 817. The molecule has 1 aliphatic heterocycles. The van der Waals surface area contributed by atoms with Crippen LogP contribution in [0.1, 0.15) is 24.0 Å². The van der Waals surface area contributed by atoms with Crippen LogP contribution >= 0.6 is 0 Å². The van der Waals surface area contributed by atoms with Gasteiger partial charge >= 0.3 is 12.1 Å². The van der Waals surface area contributed by atoms with Crippen molar-refractivity contribution in [3.8, 4) is 11.1 Å². The van der Waals surface area contributed by atoms with Crippen LogP contribution in [0.5, 0.6) is 0 Å². The van der Waals surface area contributed by atoms with E-state index in [-0.39, 0.29) is 25.0 Å². The molecule has 2 aromatic carbocycles. The highest BCUT2D eigenvalue weighted by molar-refractivity contribution is 5.79. The molecule has 26 heavy (non-hydrogen) atoms. The maximum absolute atomic E-state index is 12.5. The Labute approximate surface area is 152 Å². The molecular weight excluding hydrogens is 330 g/mol. The van der Waals surface area contributed by atoms with E-state index in [4.69, 9.17) is 4.74 Å². The number of nitrogens with zero attached hydrogens (tertiary/aromatic N) is 1. The number of rotatable bonds is 3. The second-order valence-electron chi connectivity index (χ2n) is 7.13. The van der Waals surface area contributed by atoms with Gasteiger partial charge in [-0.2, -0.15) is 0 Å². The molecular formula is C21H21NO4. The molecule has 1 aliphatic carbocycles. The summed E-state index contributed by atoms with van der Waals surface area (Å²) in [5.74, 6) is -1.42. The zero-order chi connectivity index (χ0) is 18.3. The van der Waals surface area contributed by atoms with Crippen molar-refractivity contribution in [2.45, 2.75) is 12.8 Å². The molecule has 1 heterocycles. The minimum atomic E-state index is -0.855. The van der Waals surface area contributed by atoms with Crippen LogP contribution in [-0.4, -0.2) is 41.8 Å². The minimum Gasteiger partial charge on any atom is -0.481 e. The Morgan fingerprint density at radius 1 is 1.04 bits per heavy atom. The Morgan fingerprint density at radius 3 is 2.15 bits per heavy atom. The zero-order valence-electron chi connectivity index (χ0n) is 14.6. The number of aliphatic carboxylic acids is 1. The van der Waals surface area contributed by atoms with E-state index in [2.05, 4.69) is 24.3 Å². The standard InChI is InChI=1S/C21H21NO4/c1-13-10-22(11-18(13)20(23)24)21(25)26-12-19-16-8-4-2-6-14(16)15-7-3-5-9-17(15)19/h2-9,13,18-19H,10-12H2,1H3,(H,23,24)/t13-,18+/m1/s1. The van der Waals surface area contributed by atoms with Crippen LogP contribution in [-0.2, 0) is 9.53 Å². The molecule has 1 N–H and O–H groups in total. The molecule has 0 radical (unpaired) electrons. The monoisotopic (exact) mass is 351 g/mol. The SMILES string of the molecule is C[C@@H]1CN(C(=O)OCC2c3ccccc3-c3ccccc32)C[C@@H]1C(=O)O. The van der Waals surface area contributed by atoms with E-state index >= 15 is 0 Å². The average molecular weight is 351 g/mol. The summed E-state index contributed by atoms with van der Waals surface area (Å²) in [5, 5.41) is 9.23. The van der Waals surface area contributed by atoms with Crippen molar-refractivity contribution in [3.05, 3.63) is 59.7 Å². The summed E-state index contributed by atoms with van der Waals surface area (Å²) in [7, 11) is 0. The number of ether oxygens (including phenoxy) is 1. The lowest BCUT2D eigenvalue weighted by Gasteiger charge is -2.19. The summed E-state index contributed by atoms with van der Waals surface area (Å²) in [5.41, 5.74) is 4.70. The fraction of sp³-hybridized carbons (Fsp3) is 0.333. The second-order valence-corrected chi connectivity index (χ2v) is 7.13. The summed E-state index contributed by atoms with van der Waals surface area (Å²) in [6.07, 6.45) is -0.428. The Balaban J connectivity index is 1.49. The number of amides is 1. The van der Waals surface area contributed by atoms with Gasteiger partial charge in [-0.05, 0) is 28.2 Å². The molecule has 4 rings (SSSR count). The number of carbonyl (C=O) groups is 2. The van der Waals surface area contributed by atoms with Gasteiger partial charge in [0.25, 0.3) is 0 Å². The molecule has 0 bridgehead atoms. The van der Waals surface area contributed by atoms with Crippen molar-refractivity contribution in [2.24, 2.45) is 11.8 Å². The lowest BCUT2D eigenvalue weighted by Crippen LogP contribution is -2.31. The third-order valence-corrected chi connectivity index (χ3v) is 5.52. The molecule has 1 fully saturated rings. The van der Waals surface area contributed by atoms with Gasteiger partial charge in [-0.15, -0.1) is 0 Å². The van der Waals surface area contributed by atoms with Gasteiger partial charge in [-0.25, -0.2) is 4.79 Å². The van der Waals surface area contributed by atoms with Gasteiger partial charge < -0.3 is 14.7 Å². The Hall–Kier alpha value is -2.82. The van der Waals surface area contributed by atoms with Gasteiger partial charge in [0.15, 0.2) is 0 Å². The van der Waals surface area contributed by atoms with Crippen LogP contribution in [0.4, 0.5) is 4.79 Å². The van der Waals surface area contributed by atoms with Gasteiger partial charge in [0, 0.05) is 19.0 Å². The summed E-state index contributed by atoms with van der Waals surface area (Å²) in [6, 6.07) is 16.4. The van der Waals surface area contributed by atoms with E-state index in [1.165, 1.54) is 27.2 Å². The maximum Gasteiger partial charge on any atom is 0.409 e. The number of fused-ring (bicyclic) bond motifs is 3. The summed E-state index contributed by atoms with van der Waals surface area (Å²) < 4.78 is 5.59. The van der Waals surface area contributed by atoms with Crippen LogP contribution in [0.3, 0.4) is 0 Å². The third kappa shape index (κ3) is 2.73. The minimum absolute atomic E-state index is 0.0154. The Kier molecular flexibility index (Phi) is 4.15. The predicted molar refractivity (Wildman–Crippen MR) is 96.9 cm³/mol. The largest absolute Gasteiger partial charge is 0.481 e. The molecule has 5 heteroatoms. The first-order valence-corrected chi connectivity index (χ1v) is 8.89. The van der Waals surface area contributed by atoms with Gasteiger partial charge in [0.1, 0.15) is 6.61 Å². The quantitative estimate of drug-likeness (QED) is 0.918. The first kappa shape index (κ1) is 16.6. The number of hydrogen-bond donors (Lipinski definition) is 1. The zero-order valence-corrected chi connectivity index (χ0v) is 14.6. The highest BCUT2D eigenvalue weighted by Crippen LogP contribution is 2.44. The fourth-order valence-corrected chi connectivity index (χ4v) is 4.12. The predicted octanol–water partition coefficient (Wildman–Crippen LogP) is 3.59. The van der Waals surface area contributed by atoms with Crippen molar-refractivity contribution in [3.63, 3.8) is 0 Å². The van der Waals surface area contributed by atoms with E-state index in [1.807, 2.05) is 31.2 Å². The third-order valence-electron chi connectivity index (χ3n) is 5.52. The van der Waals surface area contributed by atoms with Crippen molar-refractivity contribution in [2.75, 3.05) is 19.7 Å². The molecule has 1 saturated heterocycles. The number of benzene rings is 2. The van der Waals surface area contributed by atoms with Crippen molar-refractivity contribution in [1.29, 1.82) is 0 Å². The van der Waals surface area contributed by atoms with Gasteiger partial charge in [0.2, 0.25) is 0 Å². The topological polar surface area (TPSA) is 66.8 Å². The average Bonchev–Trinajstić information content (AvgIpc) is 3.18. The summed E-state index contributed by atoms with van der Waals surface area (Å²) in [6.45, 7) is 2.76. The van der Waals surface area contributed by atoms with Gasteiger partial charge in [0.05, 0.1) is 5.92 Å². The van der Waals surface area contributed by atoms with Crippen LogP contribution in [0.2, 0.25) is 0 Å². The van der Waals surface area contributed by atoms with E-state index in [0.717, 1.165) is 0 Å². The van der Waals surface area contributed by atoms with Crippen LogP contribution in [0, 0.1) is 11.8 Å². The van der Waals surface area contributed by atoms with Crippen molar-refractivity contribution >= 4 is 12.1 Å². The second kappa shape index (κ2) is 6.48. The van der Waals surface area contributed by atoms with Crippen molar-refractivity contribution in [1.82, 2.24) is 4.90 Å². The van der Waals surface area contributed by atoms with Crippen molar-refractivity contribution < 1.29 is 19.4 Å². The van der Waals surface area contributed by atoms with Crippen LogP contribution < -0.4 is 0 Å². The molecule has 134 valence electrons. The number of carboxylic acids is 1. The number of likely N-dealkylation sites (tertiary alicyclic amines) is 1. The van der Waals surface area contributed by atoms with Gasteiger partial charge in [-0.1, -0.05) is 55.5 Å². The summed E-state index contributed by atoms with van der Waals surface area (Å²) >= 11 is 0. The molecule has 1 amide bonds. The molecule has 0 aromatic heterocycles. The number of carboxylic acid groups (broad SMARTS) is 1. The van der Waals surface area contributed by atoms with E-state index in [0.29, 0.717) is 6.54 Å². The molecule has 0 saturated carbocycles. The molecule has 2 atom stereocenters. The molecule has 0 spiro atoms. The highest BCUT2D eigenvalue weighted by Gasteiger charge is 2.38. The number of hydrogen-bond acceptors (Lipinski definition) is 3. The highest BCUT2D eigenvalue weighted by atomic mass is 16.6. The molecule has 2 aromatic rings. The lowest BCUT2D eigenvalue weighted by molar-refractivity contribution is -0.142. The van der Waals surface area contributed by atoms with Gasteiger partial charge in [-0.3, -0.25) is 4.79 Å². The van der Waals surface area contributed by atoms with E-state index in [9.17, 15) is 14.7 Å². The van der Waals surface area contributed by atoms with Crippen LogP contribution in [0.15, 0.2) is 48.5 Å². The fourth-order valence-electron chi connectivity index (χ4n) is 4.12. The molecule has 5 nitrogen and oxygen atoms in total. The normalized spacial score (nSPS) is 21.3. The summed E-state index contributed by atoms with van der Waals surface area (Å²) in [4.78, 5) is 25.2. The van der Waals surface area contributed by atoms with Crippen LogP contribution in [0.25, 0.3) is 11.1 Å². The molecule has 0 unspecified atom stereocenters. The maximum atomic E-state index is 12.5. The van der Waals surface area contributed by atoms with E-state index in [1.54, 1.807) is 0 Å².